The Kier molecular flexibility index (Phi) is 4.60. The summed E-state index contributed by atoms with van der Waals surface area (Å²) < 4.78 is 5.33. The zero-order valence-electron chi connectivity index (χ0n) is 12.2. The maximum Gasteiger partial charge on any atom is 0.257 e. The summed E-state index contributed by atoms with van der Waals surface area (Å²) in [7, 11) is 0. The van der Waals surface area contributed by atoms with Gasteiger partial charge in [-0.2, -0.15) is 0 Å². The van der Waals surface area contributed by atoms with Crippen molar-refractivity contribution in [1.29, 1.82) is 0 Å². The Morgan fingerprint density at radius 2 is 2.05 bits per heavy atom. The Bertz CT molecular complexity index is 610. The minimum atomic E-state index is -0.194. The number of hydrogen-bond acceptors (Lipinski definition) is 5. The van der Waals surface area contributed by atoms with E-state index in [4.69, 9.17) is 4.74 Å². The van der Waals surface area contributed by atoms with E-state index in [0.717, 1.165) is 31.9 Å². The number of amides is 1. The molecule has 2 aromatic heterocycles. The summed E-state index contributed by atoms with van der Waals surface area (Å²) in [6, 6.07) is 7.55. The molecule has 3 heterocycles. The predicted octanol–water partition coefficient (Wildman–Crippen LogP) is 2.32. The number of nitrogens with one attached hydrogen (secondary N) is 2. The zero-order valence-corrected chi connectivity index (χ0v) is 12.2. The van der Waals surface area contributed by atoms with Crippen LogP contribution in [0, 0.1) is 0 Å². The minimum Gasteiger partial charge on any atom is -0.381 e. The van der Waals surface area contributed by atoms with E-state index in [9.17, 15) is 4.79 Å². The van der Waals surface area contributed by atoms with Crippen molar-refractivity contribution < 1.29 is 9.53 Å². The predicted molar refractivity (Wildman–Crippen MR) is 83.9 cm³/mol. The first-order chi connectivity index (χ1) is 10.8. The monoisotopic (exact) mass is 298 g/mol. The van der Waals surface area contributed by atoms with E-state index in [1.807, 2.05) is 12.1 Å². The van der Waals surface area contributed by atoms with E-state index >= 15 is 0 Å². The summed E-state index contributed by atoms with van der Waals surface area (Å²) in [5.41, 5.74) is 1.18. The smallest absolute Gasteiger partial charge is 0.257 e. The average Bonchev–Trinajstić information content (AvgIpc) is 2.58. The number of nitrogens with zero attached hydrogens (tertiary/aromatic N) is 2. The summed E-state index contributed by atoms with van der Waals surface area (Å²) >= 11 is 0. The lowest BCUT2D eigenvalue weighted by molar-refractivity contribution is 0.0904. The molecule has 0 unspecified atom stereocenters. The summed E-state index contributed by atoms with van der Waals surface area (Å²) in [5, 5.41) is 6.18. The van der Waals surface area contributed by atoms with Crippen LogP contribution in [0.5, 0.6) is 0 Å². The maximum absolute atomic E-state index is 12.0. The van der Waals surface area contributed by atoms with E-state index in [2.05, 4.69) is 20.6 Å². The topological polar surface area (TPSA) is 76.1 Å². The van der Waals surface area contributed by atoms with Crippen LogP contribution in [-0.4, -0.2) is 35.1 Å². The highest BCUT2D eigenvalue weighted by Gasteiger charge is 2.13. The normalized spacial score (nSPS) is 15.3. The molecule has 2 aromatic rings. The fraction of sp³-hybridized carbons (Fsp3) is 0.312. The van der Waals surface area contributed by atoms with E-state index < -0.39 is 0 Å². The third-order valence-electron chi connectivity index (χ3n) is 3.52. The van der Waals surface area contributed by atoms with Gasteiger partial charge in [-0.05, 0) is 37.1 Å². The Morgan fingerprint density at radius 3 is 2.73 bits per heavy atom. The molecule has 2 N–H and O–H groups in total. The van der Waals surface area contributed by atoms with Crippen LogP contribution in [0.4, 0.5) is 11.5 Å². The standard InChI is InChI=1S/C16H18N4O2/c21-16(12-2-1-7-17-10-12)20-14-3-4-15(18-11-14)19-13-5-8-22-9-6-13/h1-4,7,10-11,13H,5-6,8-9H2,(H,18,19)(H,20,21). The van der Waals surface area contributed by atoms with Gasteiger partial charge in [-0.15, -0.1) is 0 Å². The molecule has 0 radical (unpaired) electrons. The van der Waals surface area contributed by atoms with Gasteiger partial charge in [0.2, 0.25) is 0 Å². The highest BCUT2D eigenvalue weighted by Crippen LogP contribution is 2.15. The first-order valence-electron chi connectivity index (χ1n) is 7.33. The molecule has 6 nitrogen and oxygen atoms in total. The number of rotatable bonds is 4. The summed E-state index contributed by atoms with van der Waals surface area (Å²) in [5.74, 6) is 0.617. The molecule has 0 spiro atoms. The SMILES string of the molecule is O=C(Nc1ccc(NC2CCOCC2)nc1)c1cccnc1. The maximum atomic E-state index is 12.0. The van der Waals surface area contributed by atoms with Crippen molar-refractivity contribution in [1.82, 2.24) is 9.97 Å². The molecule has 22 heavy (non-hydrogen) atoms. The number of pyridine rings is 2. The summed E-state index contributed by atoms with van der Waals surface area (Å²) in [6.45, 7) is 1.58. The second-order valence-electron chi connectivity index (χ2n) is 5.16. The number of carbonyl (C=O) groups excluding carboxylic acids is 1. The highest BCUT2D eigenvalue weighted by molar-refractivity contribution is 6.03. The van der Waals surface area contributed by atoms with Gasteiger partial charge in [0.15, 0.2) is 0 Å². The van der Waals surface area contributed by atoms with Gasteiger partial charge in [0.05, 0.1) is 17.4 Å². The van der Waals surface area contributed by atoms with Gasteiger partial charge in [0.1, 0.15) is 5.82 Å². The number of aromatic nitrogens is 2. The lowest BCUT2D eigenvalue weighted by Crippen LogP contribution is -2.28. The van der Waals surface area contributed by atoms with Crippen LogP contribution in [-0.2, 0) is 4.74 Å². The Morgan fingerprint density at radius 1 is 1.18 bits per heavy atom. The molecule has 1 aliphatic rings. The molecule has 1 amide bonds. The van der Waals surface area contributed by atoms with E-state index in [-0.39, 0.29) is 5.91 Å². The molecule has 0 atom stereocenters. The summed E-state index contributed by atoms with van der Waals surface area (Å²) in [6.07, 6.45) is 6.79. The fourth-order valence-electron chi connectivity index (χ4n) is 2.30. The van der Waals surface area contributed by atoms with E-state index in [1.165, 1.54) is 6.20 Å². The molecule has 1 fully saturated rings. The van der Waals surface area contributed by atoms with Crippen molar-refractivity contribution in [3.05, 3.63) is 48.4 Å². The molecular weight excluding hydrogens is 280 g/mol. The Hall–Kier alpha value is -2.47. The third-order valence-corrected chi connectivity index (χ3v) is 3.52. The van der Waals surface area contributed by atoms with Gasteiger partial charge in [-0.25, -0.2) is 4.98 Å². The molecule has 114 valence electrons. The highest BCUT2D eigenvalue weighted by atomic mass is 16.5. The second kappa shape index (κ2) is 7.00. The number of anilines is 2. The van der Waals surface area contributed by atoms with Crippen LogP contribution in [0.3, 0.4) is 0 Å². The van der Waals surface area contributed by atoms with Crippen molar-refractivity contribution in [3.63, 3.8) is 0 Å². The van der Waals surface area contributed by atoms with Crippen molar-refractivity contribution >= 4 is 17.4 Å². The molecule has 0 aromatic carbocycles. The molecule has 0 bridgehead atoms. The molecule has 3 rings (SSSR count). The van der Waals surface area contributed by atoms with Gasteiger partial charge in [-0.1, -0.05) is 0 Å². The van der Waals surface area contributed by atoms with Crippen LogP contribution in [0.2, 0.25) is 0 Å². The number of carbonyl (C=O) groups is 1. The van der Waals surface area contributed by atoms with Crippen LogP contribution >= 0.6 is 0 Å². The quantitative estimate of drug-likeness (QED) is 0.906. The number of ether oxygens (including phenoxy) is 1. The van der Waals surface area contributed by atoms with Crippen LogP contribution < -0.4 is 10.6 Å². The fourth-order valence-corrected chi connectivity index (χ4v) is 2.30. The minimum absolute atomic E-state index is 0.194. The van der Waals surface area contributed by atoms with E-state index in [1.54, 1.807) is 24.5 Å². The van der Waals surface area contributed by atoms with E-state index in [0.29, 0.717) is 17.3 Å². The molecule has 1 saturated heterocycles. The lowest BCUT2D eigenvalue weighted by atomic mass is 10.1. The Labute approximate surface area is 128 Å². The van der Waals surface area contributed by atoms with Crippen LogP contribution in [0.1, 0.15) is 23.2 Å². The largest absolute Gasteiger partial charge is 0.381 e. The molecule has 6 heteroatoms. The first-order valence-corrected chi connectivity index (χ1v) is 7.33. The lowest BCUT2D eigenvalue weighted by Gasteiger charge is -2.23. The van der Waals surface area contributed by atoms with Crippen molar-refractivity contribution in [2.75, 3.05) is 23.8 Å². The van der Waals surface area contributed by atoms with Gasteiger partial charge in [-0.3, -0.25) is 9.78 Å². The second-order valence-corrected chi connectivity index (χ2v) is 5.16. The zero-order chi connectivity index (χ0) is 15.2. The average molecular weight is 298 g/mol. The summed E-state index contributed by atoms with van der Waals surface area (Å²) in [4.78, 5) is 20.3. The van der Waals surface area contributed by atoms with Crippen LogP contribution in [0.15, 0.2) is 42.9 Å². The number of hydrogen-bond donors (Lipinski definition) is 2. The van der Waals surface area contributed by atoms with Crippen molar-refractivity contribution in [2.24, 2.45) is 0 Å². The third kappa shape index (κ3) is 3.79. The van der Waals surface area contributed by atoms with Gasteiger partial charge < -0.3 is 15.4 Å². The van der Waals surface area contributed by atoms with Crippen molar-refractivity contribution in [2.45, 2.75) is 18.9 Å². The first kappa shape index (κ1) is 14.5. The molecule has 1 aliphatic heterocycles. The van der Waals surface area contributed by atoms with Gasteiger partial charge >= 0.3 is 0 Å². The van der Waals surface area contributed by atoms with Crippen molar-refractivity contribution in [3.8, 4) is 0 Å². The Balaban J connectivity index is 1.58. The van der Waals surface area contributed by atoms with Gasteiger partial charge in [0, 0.05) is 31.6 Å². The van der Waals surface area contributed by atoms with Crippen LogP contribution in [0.25, 0.3) is 0 Å². The molecule has 0 saturated carbocycles. The van der Waals surface area contributed by atoms with Gasteiger partial charge in [0.25, 0.3) is 5.91 Å². The molecular formula is C16H18N4O2. The molecule has 0 aliphatic carbocycles.